The van der Waals surface area contributed by atoms with Crippen LogP contribution in [0.3, 0.4) is 0 Å². The number of phenols is 2. The summed E-state index contributed by atoms with van der Waals surface area (Å²) in [5.41, 5.74) is 0. The quantitative estimate of drug-likeness (QED) is 0.641. The van der Waals surface area contributed by atoms with Crippen LogP contribution < -0.4 is 4.74 Å². The van der Waals surface area contributed by atoms with Gasteiger partial charge in [0.15, 0.2) is 11.5 Å². The molecule has 0 aliphatic heterocycles. The molecular weight excluding hydrogens is 228 g/mol. The van der Waals surface area contributed by atoms with E-state index < -0.39 is 0 Å². The molecule has 90 valence electrons. The van der Waals surface area contributed by atoms with Crippen molar-refractivity contribution < 1.29 is 14.9 Å². The van der Waals surface area contributed by atoms with Crippen molar-refractivity contribution in [2.45, 2.75) is 0 Å². The molecule has 0 aromatic heterocycles. The van der Waals surface area contributed by atoms with Crippen molar-refractivity contribution in [3.8, 4) is 17.2 Å². The Hall–Kier alpha value is -2.42. The summed E-state index contributed by atoms with van der Waals surface area (Å²) < 4.78 is 5.22. The molecule has 3 heteroatoms. The van der Waals surface area contributed by atoms with Crippen LogP contribution in [-0.2, 0) is 0 Å². The molecule has 3 aromatic carbocycles. The van der Waals surface area contributed by atoms with Crippen LogP contribution >= 0.6 is 0 Å². The van der Waals surface area contributed by atoms with E-state index in [-0.39, 0.29) is 11.5 Å². The average molecular weight is 240 g/mol. The van der Waals surface area contributed by atoms with Crippen molar-refractivity contribution in [2.24, 2.45) is 0 Å². The van der Waals surface area contributed by atoms with Gasteiger partial charge in [-0.25, -0.2) is 0 Å². The molecule has 0 spiro atoms. The van der Waals surface area contributed by atoms with Crippen LogP contribution in [0.15, 0.2) is 42.5 Å². The maximum Gasteiger partial charge on any atom is 0.168 e. The van der Waals surface area contributed by atoms with Crippen molar-refractivity contribution in [2.75, 3.05) is 7.11 Å². The lowest BCUT2D eigenvalue weighted by molar-refractivity contribution is 0.378. The van der Waals surface area contributed by atoms with E-state index in [1.54, 1.807) is 24.3 Å². The summed E-state index contributed by atoms with van der Waals surface area (Å²) in [4.78, 5) is 0. The second-order valence-corrected chi connectivity index (χ2v) is 4.15. The molecule has 0 radical (unpaired) electrons. The molecule has 0 unspecified atom stereocenters. The summed E-state index contributed by atoms with van der Waals surface area (Å²) in [6.07, 6.45) is 0. The van der Waals surface area contributed by atoms with Gasteiger partial charge in [0.25, 0.3) is 0 Å². The van der Waals surface area contributed by atoms with Crippen LogP contribution in [-0.4, -0.2) is 17.3 Å². The van der Waals surface area contributed by atoms with E-state index in [4.69, 9.17) is 4.74 Å². The molecular formula is C15H12O3. The Balaban J connectivity index is 2.56. The van der Waals surface area contributed by atoms with Crippen molar-refractivity contribution in [3.63, 3.8) is 0 Å². The lowest BCUT2D eigenvalue weighted by Crippen LogP contribution is -1.87. The molecule has 0 aliphatic carbocycles. The van der Waals surface area contributed by atoms with Gasteiger partial charge in [-0.2, -0.15) is 0 Å². The first-order valence-corrected chi connectivity index (χ1v) is 5.62. The fourth-order valence-electron chi connectivity index (χ4n) is 2.35. The SMILES string of the molecule is COc1c(O)ccc2c1ccc1cccc(O)c12. The molecule has 3 rings (SSSR count). The number of methoxy groups -OCH3 is 1. The maximum absolute atomic E-state index is 10.00. The Morgan fingerprint density at radius 1 is 0.833 bits per heavy atom. The molecule has 0 amide bonds. The van der Waals surface area contributed by atoms with E-state index in [0.717, 1.165) is 21.5 Å². The summed E-state index contributed by atoms with van der Waals surface area (Å²) in [6.45, 7) is 0. The smallest absolute Gasteiger partial charge is 0.168 e. The molecule has 2 N–H and O–H groups in total. The van der Waals surface area contributed by atoms with Gasteiger partial charge >= 0.3 is 0 Å². The van der Waals surface area contributed by atoms with E-state index in [2.05, 4.69) is 0 Å². The van der Waals surface area contributed by atoms with Gasteiger partial charge in [-0.3, -0.25) is 0 Å². The zero-order valence-electron chi connectivity index (χ0n) is 9.84. The normalized spacial score (nSPS) is 10.9. The third kappa shape index (κ3) is 1.37. The second kappa shape index (κ2) is 3.81. The van der Waals surface area contributed by atoms with Gasteiger partial charge in [0.05, 0.1) is 7.11 Å². The first-order chi connectivity index (χ1) is 8.72. The van der Waals surface area contributed by atoms with Crippen LogP contribution in [0, 0.1) is 0 Å². The maximum atomic E-state index is 10.00. The number of phenolic OH excluding ortho intramolecular Hbond substituents is 2. The standard InChI is InChI=1S/C15H12O3/c1-18-15-11-6-5-9-3-2-4-12(16)14(9)10(11)7-8-13(15)17/h2-8,16-17H,1H3. The minimum Gasteiger partial charge on any atom is -0.507 e. The summed E-state index contributed by atoms with van der Waals surface area (Å²) in [6, 6.07) is 12.5. The molecule has 0 fully saturated rings. The monoisotopic (exact) mass is 240 g/mol. The van der Waals surface area contributed by atoms with E-state index in [1.807, 2.05) is 18.2 Å². The highest BCUT2D eigenvalue weighted by atomic mass is 16.5. The minimum absolute atomic E-state index is 0.0970. The van der Waals surface area contributed by atoms with Crippen LogP contribution in [0.4, 0.5) is 0 Å². The number of aromatic hydroxyl groups is 2. The summed E-state index contributed by atoms with van der Waals surface area (Å²) in [5.74, 6) is 0.753. The molecule has 3 nitrogen and oxygen atoms in total. The number of ether oxygens (including phenoxy) is 1. The van der Waals surface area contributed by atoms with Crippen LogP contribution in [0.25, 0.3) is 21.5 Å². The van der Waals surface area contributed by atoms with Gasteiger partial charge in [-0.15, -0.1) is 0 Å². The molecule has 3 aromatic rings. The van der Waals surface area contributed by atoms with Gasteiger partial charge in [0.1, 0.15) is 5.75 Å². The molecule has 0 aliphatic rings. The highest BCUT2D eigenvalue weighted by Gasteiger charge is 2.11. The van der Waals surface area contributed by atoms with Crippen LogP contribution in [0.1, 0.15) is 0 Å². The summed E-state index contributed by atoms with van der Waals surface area (Å²) >= 11 is 0. The van der Waals surface area contributed by atoms with Crippen LogP contribution in [0.2, 0.25) is 0 Å². The first-order valence-electron chi connectivity index (χ1n) is 5.62. The summed E-state index contributed by atoms with van der Waals surface area (Å²) in [5, 5.41) is 23.1. The van der Waals surface area contributed by atoms with Crippen molar-refractivity contribution in [1.29, 1.82) is 0 Å². The number of benzene rings is 3. The Morgan fingerprint density at radius 2 is 1.61 bits per heavy atom. The Morgan fingerprint density at radius 3 is 2.39 bits per heavy atom. The van der Waals surface area contributed by atoms with Gasteiger partial charge in [0.2, 0.25) is 0 Å². The van der Waals surface area contributed by atoms with Gasteiger partial charge < -0.3 is 14.9 Å². The van der Waals surface area contributed by atoms with Gasteiger partial charge in [0, 0.05) is 10.8 Å². The molecule has 0 heterocycles. The molecule has 0 atom stereocenters. The molecule has 0 saturated heterocycles. The Kier molecular flexibility index (Phi) is 2.27. The minimum atomic E-state index is 0.0970. The van der Waals surface area contributed by atoms with E-state index in [1.165, 1.54) is 7.11 Å². The first kappa shape index (κ1) is 10.7. The Labute approximate surface area is 104 Å². The lowest BCUT2D eigenvalue weighted by Gasteiger charge is -2.10. The van der Waals surface area contributed by atoms with E-state index in [9.17, 15) is 10.2 Å². The van der Waals surface area contributed by atoms with Gasteiger partial charge in [-0.1, -0.05) is 18.2 Å². The predicted octanol–water partition coefficient (Wildman–Crippen LogP) is 3.41. The fourth-order valence-corrected chi connectivity index (χ4v) is 2.35. The van der Waals surface area contributed by atoms with Crippen molar-refractivity contribution >= 4 is 21.5 Å². The van der Waals surface area contributed by atoms with Crippen LogP contribution in [0.5, 0.6) is 17.2 Å². The number of hydrogen-bond acceptors (Lipinski definition) is 3. The zero-order valence-corrected chi connectivity index (χ0v) is 9.84. The molecule has 0 saturated carbocycles. The number of fused-ring (bicyclic) bond motifs is 3. The highest BCUT2D eigenvalue weighted by Crippen LogP contribution is 2.40. The van der Waals surface area contributed by atoms with Crippen molar-refractivity contribution in [1.82, 2.24) is 0 Å². The lowest BCUT2D eigenvalue weighted by atomic mass is 10.0. The fraction of sp³-hybridized carbons (Fsp3) is 0.0667. The molecule has 18 heavy (non-hydrogen) atoms. The average Bonchev–Trinajstić information content (AvgIpc) is 2.38. The highest BCUT2D eigenvalue weighted by molar-refractivity contribution is 6.12. The number of rotatable bonds is 1. The third-order valence-corrected chi connectivity index (χ3v) is 3.15. The predicted molar refractivity (Wildman–Crippen MR) is 71.3 cm³/mol. The third-order valence-electron chi connectivity index (χ3n) is 3.15. The Bertz CT molecular complexity index is 747. The summed E-state index contributed by atoms with van der Waals surface area (Å²) in [7, 11) is 1.52. The molecule has 0 bridgehead atoms. The van der Waals surface area contributed by atoms with Gasteiger partial charge in [-0.05, 0) is 35.0 Å². The van der Waals surface area contributed by atoms with Crippen molar-refractivity contribution in [3.05, 3.63) is 42.5 Å². The topological polar surface area (TPSA) is 49.7 Å². The number of hydrogen-bond donors (Lipinski definition) is 2. The van der Waals surface area contributed by atoms with E-state index >= 15 is 0 Å². The van der Waals surface area contributed by atoms with E-state index in [0.29, 0.717) is 5.75 Å². The second-order valence-electron chi connectivity index (χ2n) is 4.15. The largest absolute Gasteiger partial charge is 0.507 e. The zero-order chi connectivity index (χ0) is 12.7.